The number of methoxy groups -OCH3 is 1. The number of hydrogen-bond donors (Lipinski definition) is 1. The molecule has 0 aliphatic carbocycles. The molecule has 0 aromatic heterocycles. The molecule has 2 aromatic rings. The predicted molar refractivity (Wildman–Crippen MR) is 79.9 cm³/mol. The number of carbonyl (C=O) groups excluding carboxylic acids is 1. The monoisotopic (exact) mass is 357 g/mol. The van der Waals surface area contributed by atoms with Crippen LogP contribution in [0.4, 0.5) is 10.1 Å². The molecular formula is C14H10BrClFNO2. The van der Waals surface area contributed by atoms with Crippen molar-refractivity contribution in [2.75, 3.05) is 12.8 Å². The third-order valence-corrected chi connectivity index (χ3v) is 3.79. The highest BCUT2D eigenvalue weighted by Gasteiger charge is 2.20. The second-order valence-electron chi connectivity index (χ2n) is 4.00. The van der Waals surface area contributed by atoms with Crippen LogP contribution in [0.2, 0.25) is 5.02 Å². The zero-order chi connectivity index (χ0) is 14.9. The van der Waals surface area contributed by atoms with Crippen molar-refractivity contribution < 1.29 is 13.9 Å². The Hall–Kier alpha value is -1.59. The Balaban J connectivity index is 2.59. The van der Waals surface area contributed by atoms with Gasteiger partial charge in [-0.15, -0.1) is 0 Å². The van der Waals surface area contributed by atoms with Crippen molar-refractivity contribution in [1.29, 1.82) is 0 Å². The van der Waals surface area contributed by atoms with Crippen molar-refractivity contribution in [1.82, 2.24) is 0 Å². The summed E-state index contributed by atoms with van der Waals surface area (Å²) >= 11 is 9.07. The molecule has 0 unspecified atom stereocenters. The van der Waals surface area contributed by atoms with E-state index >= 15 is 0 Å². The van der Waals surface area contributed by atoms with Gasteiger partial charge in [0.15, 0.2) is 5.78 Å². The predicted octanol–water partition coefficient (Wildman–Crippen LogP) is 4.06. The van der Waals surface area contributed by atoms with Crippen LogP contribution in [-0.2, 0) is 0 Å². The Labute approximate surface area is 128 Å². The van der Waals surface area contributed by atoms with E-state index in [0.29, 0.717) is 5.69 Å². The first-order chi connectivity index (χ1) is 9.45. The highest BCUT2D eigenvalue weighted by molar-refractivity contribution is 9.10. The van der Waals surface area contributed by atoms with Crippen molar-refractivity contribution in [3.8, 4) is 5.75 Å². The fourth-order valence-corrected chi connectivity index (χ4v) is 2.30. The van der Waals surface area contributed by atoms with E-state index in [0.717, 1.165) is 6.07 Å². The third-order valence-electron chi connectivity index (χ3n) is 2.76. The fourth-order valence-electron chi connectivity index (χ4n) is 1.75. The summed E-state index contributed by atoms with van der Waals surface area (Å²) in [5, 5.41) is 0.167. The molecule has 0 atom stereocenters. The van der Waals surface area contributed by atoms with Gasteiger partial charge in [0, 0.05) is 11.6 Å². The van der Waals surface area contributed by atoms with E-state index in [1.165, 1.54) is 13.2 Å². The Morgan fingerprint density at radius 3 is 2.70 bits per heavy atom. The van der Waals surface area contributed by atoms with Crippen molar-refractivity contribution >= 4 is 39.0 Å². The standard InChI is InChI=1S/C14H10BrClFNO2/c1-20-12-6-10(17)9(15)5-8(12)14(19)7-3-2-4-11(18)13(7)16/h2-6H,18H2,1H3. The van der Waals surface area contributed by atoms with Crippen molar-refractivity contribution in [3.05, 3.63) is 56.8 Å². The van der Waals surface area contributed by atoms with E-state index in [-0.39, 0.29) is 32.2 Å². The van der Waals surface area contributed by atoms with E-state index in [1.807, 2.05) is 0 Å². The molecule has 0 bridgehead atoms. The molecular weight excluding hydrogens is 349 g/mol. The lowest BCUT2D eigenvalue weighted by Crippen LogP contribution is -2.06. The molecule has 0 amide bonds. The van der Waals surface area contributed by atoms with Gasteiger partial charge in [-0.25, -0.2) is 4.39 Å². The van der Waals surface area contributed by atoms with Crippen LogP contribution in [0.3, 0.4) is 0 Å². The number of nitrogen functional groups attached to an aromatic ring is 1. The summed E-state index contributed by atoms with van der Waals surface area (Å²) < 4.78 is 18.7. The number of hydrogen-bond acceptors (Lipinski definition) is 3. The smallest absolute Gasteiger partial charge is 0.198 e. The summed E-state index contributed by atoms with van der Waals surface area (Å²) in [6.07, 6.45) is 0. The van der Waals surface area contributed by atoms with Crippen LogP contribution >= 0.6 is 27.5 Å². The van der Waals surface area contributed by atoms with Crippen molar-refractivity contribution in [2.24, 2.45) is 0 Å². The number of ketones is 1. The molecule has 2 aromatic carbocycles. The van der Waals surface area contributed by atoms with Gasteiger partial charge in [-0.2, -0.15) is 0 Å². The summed E-state index contributed by atoms with van der Waals surface area (Å²) in [6.45, 7) is 0. The van der Waals surface area contributed by atoms with E-state index in [1.54, 1.807) is 18.2 Å². The Morgan fingerprint density at radius 1 is 1.35 bits per heavy atom. The van der Waals surface area contributed by atoms with Crippen molar-refractivity contribution in [2.45, 2.75) is 0 Å². The van der Waals surface area contributed by atoms with Crippen LogP contribution in [0.5, 0.6) is 5.75 Å². The summed E-state index contributed by atoms with van der Waals surface area (Å²) in [7, 11) is 1.36. The van der Waals surface area contributed by atoms with Gasteiger partial charge >= 0.3 is 0 Å². The third kappa shape index (κ3) is 2.64. The molecule has 104 valence electrons. The average molecular weight is 359 g/mol. The summed E-state index contributed by atoms with van der Waals surface area (Å²) in [4.78, 5) is 12.5. The zero-order valence-electron chi connectivity index (χ0n) is 10.4. The van der Waals surface area contributed by atoms with Gasteiger partial charge in [0.2, 0.25) is 0 Å². The number of ether oxygens (including phenoxy) is 1. The molecule has 0 spiro atoms. The number of anilines is 1. The summed E-state index contributed by atoms with van der Waals surface area (Å²) in [5.74, 6) is -0.772. The molecule has 0 saturated carbocycles. The van der Waals surface area contributed by atoms with Crippen LogP contribution in [0.1, 0.15) is 15.9 Å². The van der Waals surface area contributed by atoms with Crippen LogP contribution in [0.25, 0.3) is 0 Å². The van der Waals surface area contributed by atoms with Crippen LogP contribution < -0.4 is 10.5 Å². The second kappa shape index (κ2) is 5.81. The lowest BCUT2D eigenvalue weighted by Gasteiger charge is -2.10. The molecule has 0 saturated heterocycles. The van der Waals surface area contributed by atoms with Gasteiger partial charge in [-0.3, -0.25) is 4.79 Å². The van der Waals surface area contributed by atoms with Gasteiger partial charge in [0.1, 0.15) is 11.6 Å². The van der Waals surface area contributed by atoms with Gasteiger partial charge in [0.25, 0.3) is 0 Å². The average Bonchev–Trinajstić information content (AvgIpc) is 2.43. The molecule has 0 fully saturated rings. The van der Waals surface area contributed by atoms with Crippen LogP contribution in [-0.4, -0.2) is 12.9 Å². The highest BCUT2D eigenvalue weighted by Crippen LogP contribution is 2.31. The lowest BCUT2D eigenvalue weighted by molar-refractivity contribution is 0.103. The van der Waals surface area contributed by atoms with Crippen LogP contribution in [0.15, 0.2) is 34.8 Å². The number of nitrogens with two attached hydrogens (primary N) is 1. The Morgan fingerprint density at radius 2 is 2.05 bits per heavy atom. The van der Waals surface area contributed by atoms with E-state index in [2.05, 4.69) is 15.9 Å². The van der Waals surface area contributed by atoms with Gasteiger partial charge in [0.05, 0.1) is 27.9 Å². The first kappa shape index (κ1) is 14.8. The second-order valence-corrected chi connectivity index (χ2v) is 5.24. The molecule has 0 heterocycles. The first-order valence-electron chi connectivity index (χ1n) is 5.57. The number of benzene rings is 2. The quantitative estimate of drug-likeness (QED) is 0.665. The molecule has 0 aliphatic rings. The first-order valence-corrected chi connectivity index (χ1v) is 6.74. The molecule has 2 N–H and O–H groups in total. The largest absolute Gasteiger partial charge is 0.496 e. The maximum Gasteiger partial charge on any atom is 0.198 e. The topological polar surface area (TPSA) is 52.3 Å². The molecule has 2 rings (SSSR count). The molecule has 6 heteroatoms. The lowest BCUT2D eigenvalue weighted by atomic mass is 10.0. The van der Waals surface area contributed by atoms with E-state index < -0.39 is 5.82 Å². The molecule has 3 nitrogen and oxygen atoms in total. The highest BCUT2D eigenvalue weighted by atomic mass is 79.9. The molecule has 0 aliphatic heterocycles. The molecule has 0 radical (unpaired) electrons. The summed E-state index contributed by atoms with van der Waals surface area (Å²) in [5.41, 5.74) is 6.42. The van der Waals surface area contributed by atoms with Crippen LogP contribution in [0, 0.1) is 5.82 Å². The number of carbonyl (C=O) groups is 1. The van der Waals surface area contributed by atoms with E-state index in [9.17, 15) is 9.18 Å². The fraction of sp³-hybridized carbons (Fsp3) is 0.0714. The molecule has 20 heavy (non-hydrogen) atoms. The maximum absolute atomic E-state index is 13.5. The summed E-state index contributed by atoms with van der Waals surface area (Å²) in [6, 6.07) is 7.27. The van der Waals surface area contributed by atoms with Gasteiger partial charge in [-0.1, -0.05) is 17.7 Å². The zero-order valence-corrected chi connectivity index (χ0v) is 12.8. The Kier molecular flexibility index (Phi) is 4.30. The minimum absolute atomic E-state index is 0.134. The maximum atomic E-state index is 13.5. The minimum atomic E-state index is -0.517. The SMILES string of the molecule is COc1cc(F)c(Br)cc1C(=O)c1cccc(N)c1Cl. The Bertz CT molecular complexity index is 691. The number of rotatable bonds is 3. The normalized spacial score (nSPS) is 10.4. The van der Waals surface area contributed by atoms with Crippen molar-refractivity contribution in [3.63, 3.8) is 0 Å². The van der Waals surface area contributed by atoms with Gasteiger partial charge in [-0.05, 0) is 34.1 Å². The number of halogens is 3. The van der Waals surface area contributed by atoms with E-state index in [4.69, 9.17) is 22.1 Å². The van der Waals surface area contributed by atoms with Gasteiger partial charge < -0.3 is 10.5 Å². The minimum Gasteiger partial charge on any atom is -0.496 e.